The number of hydrogen-bond donors (Lipinski definition) is 0. The molecule has 2 aromatic rings. The first-order valence-corrected chi connectivity index (χ1v) is 10.6. The van der Waals surface area contributed by atoms with E-state index in [0.717, 1.165) is 36.2 Å². The van der Waals surface area contributed by atoms with Crippen LogP contribution in [-0.2, 0) is 4.74 Å². The number of aromatic nitrogens is 2. The predicted octanol–water partition coefficient (Wildman–Crippen LogP) is 6.01. The third-order valence-corrected chi connectivity index (χ3v) is 5.07. The number of likely N-dealkylation sites (tertiary alicyclic amines) is 1. The van der Waals surface area contributed by atoms with Crippen LogP contribution in [0, 0.1) is 13.8 Å². The Hall–Kier alpha value is -1.56. The average molecular weight is 438 g/mol. The highest BCUT2D eigenvalue weighted by atomic mass is 79.9. The van der Waals surface area contributed by atoms with Crippen molar-refractivity contribution in [2.75, 3.05) is 13.1 Å². The number of carbonyl (C=O) groups is 1. The molecule has 1 amide bonds. The van der Waals surface area contributed by atoms with Crippen LogP contribution in [0.1, 0.15) is 64.8 Å². The average Bonchev–Trinajstić information content (AvgIpc) is 2.92. The van der Waals surface area contributed by atoms with E-state index in [1.165, 1.54) is 16.5 Å². The quantitative estimate of drug-likeness (QED) is 0.512. The summed E-state index contributed by atoms with van der Waals surface area (Å²) in [5.74, 6) is 0. The van der Waals surface area contributed by atoms with Crippen molar-refractivity contribution in [3.05, 3.63) is 28.1 Å². The number of nitrogens with zero attached hydrogens (tertiary/aromatic N) is 3. The Labute approximate surface area is 171 Å². The zero-order chi connectivity index (χ0) is 20.4. The van der Waals surface area contributed by atoms with Gasteiger partial charge in [0.25, 0.3) is 0 Å². The van der Waals surface area contributed by atoms with E-state index >= 15 is 0 Å². The normalized spacial score (nSPS) is 15.5. The number of piperidine rings is 1. The Morgan fingerprint density at radius 2 is 1.81 bits per heavy atom. The van der Waals surface area contributed by atoms with Crippen LogP contribution in [0.4, 0.5) is 4.79 Å². The van der Waals surface area contributed by atoms with Gasteiger partial charge in [-0.3, -0.25) is 0 Å². The lowest BCUT2D eigenvalue weighted by Gasteiger charge is -2.34. The highest BCUT2D eigenvalue weighted by Gasteiger charge is 2.28. The number of aryl methyl sites for hydroxylation is 2. The summed E-state index contributed by atoms with van der Waals surface area (Å²) >= 11 is 3.49. The molecule has 150 valence electrons. The van der Waals surface area contributed by atoms with Crippen LogP contribution >= 0.6 is 15.9 Å². The maximum atomic E-state index is 12.2. The van der Waals surface area contributed by atoms with Crippen LogP contribution in [-0.4, -0.2) is 39.2 Å². The molecule has 0 atom stereocenters. The van der Waals surface area contributed by atoms with Crippen molar-refractivity contribution in [1.82, 2.24) is 14.5 Å². The molecule has 27 heavy (non-hydrogen) atoms. The smallest absolute Gasteiger partial charge is 0.410 e. The van der Waals surface area contributed by atoms with E-state index in [1.54, 1.807) is 0 Å². The first-order chi connectivity index (χ1) is 12.7. The minimum Gasteiger partial charge on any atom is -0.444 e. The molecule has 2 aromatic heterocycles. The highest BCUT2D eigenvalue weighted by molar-refractivity contribution is 9.10. The Balaban J connectivity index is 0.00000126. The fourth-order valence-electron chi connectivity index (χ4n) is 3.54. The van der Waals surface area contributed by atoms with Crippen LogP contribution in [0.25, 0.3) is 10.9 Å². The zero-order valence-electron chi connectivity index (χ0n) is 17.6. The monoisotopic (exact) mass is 437 g/mol. The minimum atomic E-state index is -0.447. The summed E-state index contributed by atoms with van der Waals surface area (Å²) < 4.78 is 8.72. The van der Waals surface area contributed by atoms with E-state index in [1.807, 2.05) is 39.5 Å². The standard InChI is InChI=1S/C19H26BrN3O2.C2H6/c1-12-11-23(17-13(2)21-16(20)10-15(12)17)14-6-8-22(9-7-14)18(24)25-19(3,4)5;1-2/h10-11,14H,6-9H2,1-5H3;1-2H3. The third kappa shape index (κ3) is 5.03. The van der Waals surface area contributed by atoms with Gasteiger partial charge >= 0.3 is 6.09 Å². The fourth-order valence-corrected chi connectivity index (χ4v) is 4.03. The first kappa shape index (κ1) is 21.7. The van der Waals surface area contributed by atoms with Crippen molar-refractivity contribution >= 4 is 32.9 Å². The summed E-state index contributed by atoms with van der Waals surface area (Å²) in [4.78, 5) is 18.6. The van der Waals surface area contributed by atoms with Gasteiger partial charge in [-0.25, -0.2) is 9.78 Å². The van der Waals surface area contributed by atoms with Gasteiger partial charge < -0.3 is 14.2 Å². The number of ether oxygens (including phenoxy) is 1. The van der Waals surface area contributed by atoms with Crippen molar-refractivity contribution in [2.24, 2.45) is 0 Å². The van der Waals surface area contributed by atoms with E-state index in [4.69, 9.17) is 4.74 Å². The van der Waals surface area contributed by atoms with Gasteiger partial charge in [-0.15, -0.1) is 0 Å². The minimum absolute atomic E-state index is 0.207. The molecular formula is C21H32BrN3O2. The Morgan fingerprint density at radius 1 is 1.22 bits per heavy atom. The second-order valence-corrected chi connectivity index (χ2v) is 8.66. The number of halogens is 1. The van der Waals surface area contributed by atoms with Crippen molar-refractivity contribution in [1.29, 1.82) is 0 Å². The summed E-state index contributed by atoms with van der Waals surface area (Å²) in [5.41, 5.74) is 3.05. The molecule has 1 aliphatic rings. The zero-order valence-corrected chi connectivity index (χ0v) is 19.2. The predicted molar refractivity (Wildman–Crippen MR) is 114 cm³/mol. The molecular weight excluding hydrogens is 406 g/mol. The van der Waals surface area contributed by atoms with E-state index in [0.29, 0.717) is 6.04 Å². The van der Waals surface area contributed by atoms with E-state index in [-0.39, 0.29) is 6.09 Å². The van der Waals surface area contributed by atoms with Crippen LogP contribution < -0.4 is 0 Å². The molecule has 0 bridgehead atoms. The maximum absolute atomic E-state index is 12.2. The van der Waals surface area contributed by atoms with Crippen LogP contribution in [0.15, 0.2) is 16.9 Å². The summed E-state index contributed by atoms with van der Waals surface area (Å²) in [6.07, 6.45) is 3.87. The number of fused-ring (bicyclic) bond motifs is 1. The highest BCUT2D eigenvalue weighted by Crippen LogP contribution is 2.32. The van der Waals surface area contributed by atoms with Gasteiger partial charge in [0.1, 0.15) is 10.2 Å². The molecule has 6 heteroatoms. The van der Waals surface area contributed by atoms with Crippen molar-refractivity contribution < 1.29 is 9.53 Å². The van der Waals surface area contributed by atoms with Crippen LogP contribution in [0.5, 0.6) is 0 Å². The molecule has 0 unspecified atom stereocenters. The van der Waals surface area contributed by atoms with E-state index < -0.39 is 5.60 Å². The second-order valence-electron chi connectivity index (χ2n) is 7.84. The Morgan fingerprint density at radius 3 is 2.37 bits per heavy atom. The number of pyridine rings is 1. The summed E-state index contributed by atoms with van der Waals surface area (Å²) in [5, 5.41) is 1.24. The van der Waals surface area contributed by atoms with Crippen molar-refractivity contribution in [3.63, 3.8) is 0 Å². The van der Waals surface area contributed by atoms with Gasteiger partial charge in [0.15, 0.2) is 0 Å². The molecule has 5 nitrogen and oxygen atoms in total. The van der Waals surface area contributed by atoms with E-state index in [2.05, 4.69) is 51.6 Å². The maximum Gasteiger partial charge on any atom is 0.410 e. The molecule has 0 aromatic carbocycles. The summed E-state index contributed by atoms with van der Waals surface area (Å²) in [6.45, 7) is 15.4. The molecule has 0 N–H and O–H groups in total. The van der Waals surface area contributed by atoms with Crippen LogP contribution in [0.2, 0.25) is 0 Å². The number of rotatable bonds is 1. The van der Waals surface area contributed by atoms with Gasteiger partial charge in [0.05, 0.1) is 11.2 Å². The van der Waals surface area contributed by atoms with E-state index in [9.17, 15) is 4.79 Å². The lowest BCUT2D eigenvalue weighted by Crippen LogP contribution is -2.42. The molecule has 1 fully saturated rings. The summed E-state index contributed by atoms with van der Waals surface area (Å²) in [7, 11) is 0. The van der Waals surface area contributed by atoms with Crippen molar-refractivity contribution in [2.45, 2.75) is 73.0 Å². The molecule has 0 radical (unpaired) electrons. The molecule has 0 saturated carbocycles. The lowest BCUT2D eigenvalue weighted by molar-refractivity contribution is 0.0189. The molecule has 3 rings (SSSR count). The molecule has 1 aliphatic heterocycles. The first-order valence-electron chi connectivity index (χ1n) is 9.78. The fraction of sp³-hybridized carbons (Fsp3) is 0.619. The van der Waals surface area contributed by atoms with Gasteiger partial charge in [0, 0.05) is 30.7 Å². The Bertz CT molecular complexity index is 800. The third-order valence-electron chi connectivity index (χ3n) is 4.66. The largest absolute Gasteiger partial charge is 0.444 e. The summed E-state index contributed by atoms with van der Waals surface area (Å²) in [6, 6.07) is 2.47. The second kappa shape index (κ2) is 8.63. The van der Waals surface area contributed by atoms with Gasteiger partial charge in [0.2, 0.25) is 0 Å². The molecule has 0 aliphatic carbocycles. The SMILES string of the molecule is CC.Cc1cn(C2CCN(C(=O)OC(C)(C)C)CC2)c2c(C)nc(Br)cc12. The molecule has 0 spiro atoms. The van der Waals surface area contributed by atoms with Gasteiger partial charge in [-0.1, -0.05) is 13.8 Å². The molecule has 1 saturated heterocycles. The Kier molecular flexibility index (Phi) is 6.95. The number of hydrogen-bond acceptors (Lipinski definition) is 3. The van der Waals surface area contributed by atoms with Crippen molar-refractivity contribution in [3.8, 4) is 0 Å². The number of carbonyl (C=O) groups excluding carboxylic acids is 1. The van der Waals surface area contributed by atoms with Gasteiger partial charge in [-0.2, -0.15) is 0 Å². The van der Waals surface area contributed by atoms with Crippen LogP contribution in [0.3, 0.4) is 0 Å². The lowest BCUT2D eigenvalue weighted by atomic mass is 10.0. The molecule has 3 heterocycles. The number of amides is 1. The topological polar surface area (TPSA) is 47.4 Å². The van der Waals surface area contributed by atoms with Gasteiger partial charge in [-0.05, 0) is 75.0 Å².